The number of aromatic nitrogens is 2. The van der Waals surface area contributed by atoms with Gasteiger partial charge in [-0.1, -0.05) is 25.0 Å². The first-order valence-electron chi connectivity index (χ1n) is 11.2. The zero-order chi connectivity index (χ0) is 22.0. The van der Waals surface area contributed by atoms with Crippen molar-refractivity contribution in [2.75, 3.05) is 25.5 Å². The third kappa shape index (κ3) is 4.55. The van der Waals surface area contributed by atoms with Crippen molar-refractivity contribution in [3.05, 3.63) is 41.7 Å². The van der Waals surface area contributed by atoms with E-state index in [9.17, 15) is 9.59 Å². The highest BCUT2D eigenvalue weighted by molar-refractivity contribution is 5.93. The smallest absolute Gasteiger partial charge is 0.248 e. The Labute approximate surface area is 183 Å². The number of primary amides is 1. The molecule has 1 aromatic heterocycles. The van der Waals surface area contributed by atoms with Gasteiger partial charge in [0.1, 0.15) is 0 Å². The second-order valence-electron chi connectivity index (χ2n) is 8.90. The van der Waals surface area contributed by atoms with Gasteiger partial charge in [0.2, 0.25) is 17.8 Å². The molecule has 1 saturated carbocycles. The minimum Gasteiger partial charge on any atom is -0.366 e. The Morgan fingerprint density at radius 1 is 1.10 bits per heavy atom. The SMILES string of the molecule is CN(C)c1ncc(-c2ccc(C(N)=O)cc2)c([C@@H]2CCCN2C(=O)CC2CCCC2)n1. The Morgan fingerprint density at radius 2 is 1.81 bits per heavy atom. The quantitative estimate of drug-likeness (QED) is 0.770. The molecule has 2 fully saturated rings. The fourth-order valence-corrected chi connectivity index (χ4v) is 4.82. The van der Waals surface area contributed by atoms with E-state index in [0.29, 0.717) is 23.9 Å². The molecule has 0 unspecified atom stereocenters. The Bertz CT molecular complexity index is 951. The summed E-state index contributed by atoms with van der Waals surface area (Å²) in [5.74, 6) is 0.944. The Balaban J connectivity index is 1.68. The molecule has 0 radical (unpaired) electrons. The first-order chi connectivity index (χ1) is 14.9. The fraction of sp³-hybridized carbons (Fsp3) is 0.500. The number of hydrogen-bond donors (Lipinski definition) is 1. The van der Waals surface area contributed by atoms with E-state index in [2.05, 4.69) is 4.98 Å². The van der Waals surface area contributed by atoms with Gasteiger partial charge in [0.25, 0.3) is 0 Å². The van der Waals surface area contributed by atoms with E-state index in [4.69, 9.17) is 10.7 Å². The highest BCUT2D eigenvalue weighted by atomic mass is 16.2. The maximum atomic E-state index is 13.2. The first-order valence-corrected chi connectivity index (χ1v) is 11.2. The van der Waals surface area contributed by atoms with Gasteiger partial charge in [-0.05, 0) is 49.3 Å². The summed E-state index contributed by atoms with van der Waals surface area (Å²) in [5.41, 5.74) is 8.54. The largest absolute Gasteiger partial charge is 0.366 e. The van der Waals surface area contributed by atoms with Gasteiger partial charge in [-0.25, -0.2) is 9.97 Å². The number of benzene rings is 1. The van der Waals surface area contributed by atoms with E-state index < -0.39 is 5.91 Å². The van der Waals surface area contributed by atoms with Crippen LogP contribution in [0.1, 0.15) is 67.0 Å². The summed E-state index contributed by atoms with van der Waals surface area (Å²) < 4.78 is 0. The molecular formula is C24H31N5O2. The van der Waals surface area contributed by atoms with Crippen LogP contribution in [-0.2, 0) is 4.79 Å². The summed E-state index contributed by atoms with van der Waals surface area (Å²) in [6.07, 6.45) is 9.16. The molecule has 164 valence electrons. The van der Waals surface area contributed by atoms with Crippen molar-refractivity contribution in [2.24, 2.45) is 11.7 Å². The molecule has 2 aromatic rings. The van der Waals surface area contributed by atoms with Gasteiger partial charge in [0, 0.05) is 44.4 Å². The predicted octanol–water partition coefficient (Wildman–Crippen LogP) is 3.55. The number of amides is 2. The van der Waals surface area contributed by atoms with Crippen molar-refractivity contribution in [3.63, 3.8) is 0 Å². The van der Waals surface area contributed by atoms with Gasteiger partial charge in [-0.3, -0.25) is 9.59 Å². The molecule has 2 aliphatic rings. The Hall–Kier alpha value is -2.96. The van der Waals surface area contributed by atoms with Gasteiger partial charge < -0.3 is 15.5 Å². The summed E-state index contributed by atoms with van der Waals surface area (Å²) in [7, 11) is 3.83. The first kappa shape index (κ1) is 21.3. The maximum Gasteiger partial charge on any atom is 0.248 e. The average Bonchev–Trinajstić information content (AvgIpc) is 3.45. The van der Waals surface area contributed by atoms with Gasteiger partial charge in [-0.15, -0.1) is 0 Å². The summed E-state index contributed by atoms with van der Waals surface area (Å²) in [6.45, 7) is 0.775. The minimum absolute atomic E-state index is 0.0542. The summed E-state index contributed by atoms with van der Waals surface area (Å²) in [4.78, 5) is 38.0. The van der Waals surface area contributed by atoms with E-state index in [-0.39, 0.29) is 11.9 Å². The van der Waals surface area contributed by atoms with Crippen molar-refractivity contribution in [1.82, 2.24) is 14.9 Å². The van der Waals surface area contributed by atoms with Crippen LogP contribution < -0.4 is 10.6 Å². The number of carbonyl (C=O) groups excluding carboxylic acids is 2. The zero-order valence-electron chi connectivity index (χ0n) is 18.4. The second kappa shape index (κ2) is 9.04. The third-order valence-electron chi connectivity index (χ3n) is 6.51. The molecule has 1 aliphatic heterocycles. The molecular weight excluding hydrogens is 390 g/mol. The van der Waals surface area contributed by atoms with Crippen LogP contribution in [0.2, 0.25) is 0 Å². The van der Waals surface area contributed by atoms with Crippen molar-refractivity contribution in [3.8, 4) is 11.1 Å². The van der Waals surface area contributed by atoms with E-state index in [0.717, 1.165) is 36.2 Å². The van der Waals surface area contributed by atoms with Gasteiger partial charge in [0.15, 0.2) is 0 Å². The molecule has 7 nitrogen and oxygen atoms in total. The molecule has 2 N–H and O–H groups in total. The minimum atomic E-state index is -0.453. The molecule has 2 amide bonds. The number of nitrogens with zero attached hydrogens (tertiary/aromatic N) is 4. The lowest BCUT2D eigenvalue weighted by Gasteiger charge is -2.28. The highest BCUT2D eigenvalue weighted by Crippen LogP contribution is 2.38. The molecule has 1 aromatic carbocycles. The topological polar surface area (TPSA) is 92.4 Å². The van der Waals surface area contributed by atoms with Crippen LogP contribution in [0.3, 0.4) is 0 Å². The molecule has 0 spiro atoms. The zero-order valence-corrected chi connectivity index (χ0v) is 18.4. The van der Waals surface area contributed by atoms with Gasteiger partial charge >= 0.3 is 0 Å². The standard InChI is InChI=1S/C24H31N5O2/c1-28(2)24-26-15-19(17-9-11-18(12-10-17)23(25)31)22(27-24)20-8-5-13-29(20)21(30)14-16-6-3-4-7-16/h9-12,15-16,20H,3-8,13-14H2,1-2H3,(H2,25,31)/t20-/m0/s1. The fourth-order valence-electron chi connectivity index (χ4n) is 4.82. The average molecular weight is 422 g/mol. The molecule has 7 heteroatoms. The lowest BCUT2D eigenvalue weighted by Crippen LogP contribution is -2.32. The summed E-state index contributed by atoms with van der Waals surface area (Å²) in [6, 6.07) is 7.13. The van der Waals surface area contributed by atoms with E-state index in [1.807, 2.05) is 42.2 Å². The number of anilines is 1. The van der Waals surface area contributed by atoms with E-state index in [1.165, 1.54) is 25.7 Å². The van der Waals surface area contributed by atoms with E-state index >= 15 is 0 Å². The predicted molar refractivity (Wildman–Crippen MR) is 121 cm³/mol. The molecule has 1 atom stereocenters. The molecule has 0 bridgehead atoms. The molecule has 2 heterocycles. The van der Waals surface area contributed by atoms with Crippen molar-refractivity contribution < 1.29 is 9.59 Å². The van der Waals surface area contributed by atoms with Gasteiger partial charge in [-0.2, -0.15) is 0 Å². The van der Waals surface area contributed by atoms with Crippen LogP contribution >= 0.6 is 0 Å². The van der Waals surface area contributed by atoms with Crippen LogP contribution in [0.5, 0.6) is 0 Å². The monoisotopic (exact) mass is 421 g/mol. The van der Waals surface area contributed by atoms with Crippen LogP contribution in [0.15, 0.2) is 30.5 Å². The Morgan fingerprint density at radius 3 is 2.45 bits per heavy atom. The molecule has 31 heavy (non-hydrogen) atoms. The lowest BCUT2D eigenvalue weighted by molar-refractivity contribution is -0.133. The number of hydrogen-bond acceptors (Lipinski definition) is 5. The number of nitrogens with two attached hydrogens (primary N) is 1. The van der Waals surface area contributed by atoms with E-state index in [1.54, 1.807) is 12.1 Å². The van der Waals surface area contributed by atoms with Crippen molar-refractivity contribution in [1.29, 1.82) is 0 Å². The highest BCUT2D eigenvalue weighted by Gasteiger charge is 2.34. The number of rotatable bonds is 6. The van der Waals surface area contributed by atoms with Crippen LogP contribution in [0, 0.1) is 5.92 Å². The van der Waals surface area contributed by atoms with Crippen molar-refractivity contribution in [2.45, 2.75) is 51.0 Å². The maximum absolute atomic E-state index is 13.2. The van der Waals surface area contributed by atoms with Crippen LogP contribution in [0.4, 0.5) is 5.95 Å². The van der Waals surface area contributed by atoms with Crippen LogP contribution in [0.25, 0.3) is 11.1 Å². The summed E-state index contributed by atoms with van der Waals surface area (Å²) >= 11 is 0. The van der Waals surface area contributed by atoms with Gasteiger partial charge in [0.05, 0.1) is 11.7 Å². The molecule has 1 aliphatic carbocycles. The molecule has 1 saturated heterocycles. The molecule has 4 rings (SSSR count). The second-order valence-corrected chi connectivity index (χ2v) is 8.90. The lowest BCUT2D eigenvalue weighted by atomic mass is 9.98. The Kier molecular flexibility index (Phi) is 6.20. The number of likely N-dealkylation sites (tertiary alicyclic amines) is 1. The third-order valence-corrected chi connectivity index (χ3v) is 6.51. The normalized spacial score (nSPS) is 19.0. The van der Waals surface area contributed by atoms with Crippen LogP contribution in [-0.4, -0.2) is 47.3 Å². The summed E-state index contributed by atoms with van der Waals surface area (Å²) in [5, 5.41) is 0. The van der Waals surface area contributed by atoms with Crippen molar-refractivity contribution >= 4 is 17.8 Å². The number of carbonyl (C=O) groups is 2.